The number of hydrogen-bond donors (Lipinski definition) is 1. The summed E-state index contributed by atoms with van der Waals surface area (Å²) in [5.41, 5.74) is 10.3. The second-order valence-electron chi connectivity index (χ2n) is 6.26. The molecule has 1 unspecified atom stereocenters. The van der Waals surface area contributed by atoms with Crippen LogP contribution in [0.25, 0.3) is 0 Å². The van der Waals surface area contributed by atoms with Crippen LogP contribution in [0.4, 0.5) is 5.69 Å². The minimum Gasteiger partial charge on any atom is -0.370 e. The Morgan fingerprint density at radius 3 is 2.23 bits per heavy atom. The van der Waals surface area contributed by atoms with Crippen LogP contribution in [0.3, 0.4) is 0 Å². The van der Waals surface area contributed by atoms with E-state index in [0.29, 0.717) is 18.5 Å². The molecule has 0 saturated heterocycles. The van der Waals surface area contributed by atoms with E-state index in [1.54, 1.807) is 0 Å². The van der Waals surface area contributed by atoms with Crippen molar-refractivity contribution in [2.75, 3.05) is 18.5 Å². The number of nitrogens with zero attached hydrogens (tertiary/aromatic N) is 1. The highest BCUT2D eigenvalue weighted by Gasteiger charge is 2.25. The van der Waals surface area contributed by atoms with Crippen LogP contribution in [0, 0.1) is 5.92 Å². The summed E-state index contributed by atoms with van der Waals surface area (Å²) in [5, 5.41) is 0.771. The minimum atomic E-state index is 0.362. The van der Waals surface area contributed by atoms with E-state index in [1.807, 2.05) is 12.1 Å². The zero-order chi connectivity index (χ0) is 15.5. The van der Waals surface area contributed by atoms with Gasteiger partial charge in [-0.15, -0.1) is 0 Å². The number of nitrogens with two attached hydrogens (primary N) is 1. The number of likely N-dealkylation sites (N-methyl/N-ethyl adjacent to an activating group) is 1. The maximum Gasteiger partial charge on any atom is 0.0411 e. The highest BCUT2D eigenvalue weighted by molar-refractivity contribution is 6.30. The molecule has 116 valence electrons. The van der Waals surface area contributed by atoms with Gasteiger partial charge >= 0.3 is 0 Å². The van der Waals surface area contributed by atoms with E-state index in [1.165, 1.54) is 29.7 Å². The van der Waals surface area contributed by atoms with Gasteiger partial charge in [0, 0.05) is 30.3 Å². The van der Waals surface area contributed by atoms with Gasteiger partial charge in [0.05, 0.1) is 0 Å². The molecule has 0 bridgehead atoms. The van der Waals surface area contributed by atoms with Crippen LogP contribution in [0.15, 0.2) is 48.5 Å². The lowest BCUT2D eigenvalue weighted by Crippen LogP contribution is -2.39. The Bertz CT molecular complexity index is 599. The van der Waals surface area contributed by atoms with E-state index in [0.717, 1.165) is 11.4 Å². The van der Waals surface area contributed by atoms with Crippen LogP contribution in [0.1, 0.15) is 17.5 Å². The van der Waals surface area contributed by atoms with Crippen LogP contribution in [0.5, 0.6) is 0 Å². The summed E-state index contributed by atoms with van der Waals surface area (Å²) < 4.78 is 0. The Kier molecular flexibility index (Phi) is 4.70. The summed E-state index contributed by atoms with van der Waals surface area (Å²) in [6.07, 6.45) is 3.49. The molecular weight excluding hydrogens is 292 g/mol. The van der Waals surface area contributed by atoms with Crippen molar-refractivity contribution in [3.63, 3.8) is 0 Å². The zero-order valence-corrected chi connectivity index (χ0v) is 13.8. The predicted molar refractivity (Wildman–Crippen MR) is 94.7 cm³/mol. The van der Waals surface area contributed by atoms with Gasteiger partial charge in [0.1, 0.15) is 0 Å². The molecule has 0 aromatic heterocycles. The van der Waals surface area contributed by atoms with Gasteiger partial charge in [-0.3, -0.25) is 0 Å². The summed E-state index contributed by atoms with van der Waals surface area (Å²) in [6.45, 7) is 0.673. The number of anilines is 1. The maximum absolute atomic E-state index is 6.06. The first-order valence-corrected chi connectivity index (χ1v) is 8.30. The molecule has 3 heteroatoms. The summed E-state index contributed by atoms with van der Waals surface area (Å²) >= 11 is 5.98. The van der Waals surface area contributed by atoms with Gasteiger partial charge in [-0.25, -0.2) is 0 Å². The van der Waals surface area contributed by atoms with Crippen LogP contribution in [0.2, 0.25) is 5.02 Å². The zero-order valence-electron chi connectivity index (χ0n) is 13.0. The lowest BCUT2D eigenvalue weighted by molar-refractivity contribution is 0.442. The summed E-state index contributed by atoms with van der Waals surface area (Å²) in [7, 11) is 2.13. The van der Waals surface area contributed by atoms with Gasteiger partial charge in [-0.1, -0.05) is 35.9 Å². The second-order valence-corrected chi connectivity index (χ2v) is 6.69. The van der Waals surface area contributed by atoms with Crippen molar-refractivity contribution in [2.24, 2.45) is 11.7 Å². The molecule has 0 spiro atoms. The average molecular weight is 315 g/mol. The predicted octanol–water partition coefficient (Wildman–Crippen LogP) is 3.91. The van der Waals surface area contributed by atoms with E-state index in [-0.39, 0.29) is 0 Å². The number of fused-ring (bicyclic) bond motifs is 1. The molecule has 0 heterocycles. The molecule has 2 aromatic carbocycles. The Hall–Kier alpha value is -1.51. The third-order valence-corrected chi connectivity index (χ3v) is 5.05. The number of halogens is 1. The largest absolute Gasteiger partial charge is 0.370 e. The first-order chi connectivity index (χ1) is 10.7. The van der Waals surface area contributed by atoms with Gasteiger partial charge < -0.3 is 10.6 Å². The molecular formula is C19H23ClN2. The summed E-state index contributed by atoms with van der Waals surface area (Å²) in [6, 6.07) is 17.2. The number of hydrogen-bond acceptors (Lipinski definition) is 2. The lowest BCUT2D eigenvalue weighted by atomic mass is 9.96. The topological polar surface area (TPSA) is 29.3 Å². The first-order valence-electron chi connectivity index (χ1n) is 7.92. The fourth-order valence-electron chi connectivity index (χ4n) is 3.50. The summed E-state index contributed by atoms with van der Waals surface area (Å²) in [4.78, 5) is 2.29. The Morgan fingerprint density at radius 1 is 1.09 bits per heavy atom. The highest BCUT2D eigenvalue weighted by atomic mass is 35.5. The Balaban J connectivity index is 1.66. The molecule has 22 heavy (non-hydrogen) atoms. The molecule has 0 amide bonds. The van der Waals surface area contributed by atoms with Crippen LogP contribution in [-0.2, 0) is 12.8 Å². The molecule has 0 radical (unpaired) electrons. The molecule has 2 N–H and O–H groups in total. The highest BCUT2D eigenvalue weighted by Crippen LogP contribution is 2.31. The van der Waals surface area contributed by atoms with Gasteiger partial charge in [-0.2, -0.15) is 0 Å². The normalized spacial score (nSPS) is 15.6. The van der Waals surface area contributed by atoms with Gasteiger partial charge in [0.2, 0.25) is 0 Å². The average Bonchev–Trinajstić information content (AvgIpc) is 2.95. The van der Waals surface area contributed by atoms with Gasteiger partial charge in [0.15, 0.2) is 0 Å². The molecule has 0 aliphatic heterocycles. The number of benzene rings is 2. The second kappa shape index (κ2) is 6.72. The van der Waals surface area contributed by atoms with E-state index < -0.39 is 0 Å². The first kappa shape index (κ1) is 15.4. The SMILES string of the molecule is CN(c1ccc(Cl)cc1)C(CN)CC1Cc2ccccc2C1. The maximum atomic E-state index is 6.06. The van der Waals surface area contributed by atoms with Crippen molar-refractivity contribution in [3.05, 3.63) is 64.7 Å². The molecule has 1 aliphatic rings. The molecule has 3 rings (SSSR count). The summed E-state index contributed by atoms with van der Waals surface area (Å²) in [5.74, 6) is 0.695. The number of rotatable bonds is 5. The van der Waals surface area contributed by atoms with Crippen LogP contribution in [-0.4, -0.2) is 19.6 Å². The lowest BCUT2D eigenvalue weighted by Gasteiger charge is -2.31. The Labute approximate surface area is 137 Å². The standard InChI is InChI=1S/C19H23ClN2/c1-22(18-8-6-17(20)7-9-18)19(13-21)12-14-10-15-4-2-3-5-16(15)11-14/h2-9,14,19H,10-13,21H2,1H3. The molecule has 1 atom stereocenters. The van der Waals surface area contributed by atoms with E-state index in [2.05, 4.69) is 48.3 Å². The van der Waals surface area contributed by atoms with E-state index in [4.69, 9.17) is 17.3 Å². The van der Waals surface area contributed by atoms with Crippen molar-refractivity contribution in [3.8, 4) is 0 Å². The van der Waals surface area contributed by atoms with Crippen LogP contribution >= 0.6 is 11.6 Å². The fraction of sp³-hybridized carbons (Fsp3) is 0.368. The van der Waals surface area contributed by atoms with Crippen molar-refractivity contribution in [1.82, 2.24) is 0 Å². The van der Waals surface area contributed by atoms with Crippen molar-refractivity contribution >= 4 is 17.3 Å². The van der Waals surface area contributed by atoms with Crippen molar-refractivity contribution < 1.29 is 0 Å². The molecule has 1 aliphatic carbocycles. The third kappa shape index (κ3) is 3.29. The molecule has 2 nitrogen and oxygen atoms in total. The smallest absolute Gasteiger partial charge is 0.0411 e. The van der Waals surface area contributed by atoms with Gasteiger partial charge in [-0.05, 0) is 60.6 Å². The minimum absolute atomic E-state index is 0.362. The molecule has 0 saturated carbocycles. The van der Waals surface area contributed by atoms with Gasteiger partial charge in [0.25, 0.3) is 0 Å². The van der Waals surface area contributed by atoms with Crippen molar-refractivity contribution in [2.45, 2.75) is 25.3 Å². The fourth-order valence-corrected chi connectivity index (χ4v) is 3.63. The van der Waals surface area contributed by atoms with Crippen molar-refractivity contribution in [1.29, 1.82) is 0 Å². The quantitative estimate of drug-likeness (QED) is 0.906. The molecule has 0 fully saturated rings. The Morgan fingerprint density at radius 2 is 1.68 bits per heavy atom. The monoisotopic (exact) mass is 314 g/mol. The third-order valence-electron chi connectivity index (χ3n) is 4.79. The molecule has 2 aromatic rings. The van der Waals surface area contributed by atoms with E-state index >= 15 is 0 Å². The van der Waals surface area contributed by atoms with Crippen LogP contribution < -0.4 is 10.6 Å². The van der Waals surface area contributed by atoms with E-state index in [9.17, 15) is 0 Å².